The van der Waals surface area contributed by atoms with Crippen molar-refractivity contribution < 1.29 is 4.79 Å². The number of carbonyl (C=O) groups excluding carboxylic acids is 1. The van der Waals surface area contributed by atoms with Gasteiger partial charge in [0.15, 0.2) is 0 Å². The summed E-state index contributed by atoms with van der Waals surface area (Å²) in [4.78, 5) is 11.1. The summed E-state index contributed by atoms with van der Waals surface area (Å²) in [5.41, 5.74) is 1.02. The molecule has 1 N–H and O–H groups in total. The fourth-order valence-corrected chi connectivity index (χ4v) is 1.13. The molecule has 0 fully saturated rings. The maximum absolute atomic E-state index is 11.1. The van der Waals surface area contributed by atoms with Crippen molar-refractivity contribution in [2.24, 2.45) is 5.92 Å². The van der Waals surface area contributed by atoms with Gasteiger partial charge in [-0.15, -0.1) is 0 Å². The number of hydrogen-bond acceptors (Lipinski definition) is 1. The van der Waals surface area contributed by atoms with E-state index < -0.39 is 0 Å². The van der Waals surface area contributed by atoms with Gasteiger partial charge in [0, 0.05) is 6.42 Å². The molecular weight excluding hydrogens is 150 g/mol. The monoisotopic (exact) mass is 169 g/mol. The van der Waals surface area contributed by atoms with Gasteiger partial charge in [-0.05, 0) is 12.8 Å². The smallest absolute Gasteiger partial charge is 0.220 e. The second kappa shape index (κ2) is 4.96. The lowest BCUT2D eigenvalue weighted by Crippen LogP contribution is -2.38. The zero-order chi connectivity index (χ0) is 9.72. The fraction of sp³-hybridized carbons (Fsp3) is 0.700. The van der Waals surface area contributed by atoms with E-state index in [-0.39, 0.29) is 11.9 Å². The van der Waals surface area contributed by atoms with E-state index in [0.717, 1.165) is 5.57 Å². The van der Waals surface area contributed by atoms with Crippen molar-refractivity contribution in [1.82, 2.24) is 5.32 Å². The van der Waals surface area contributed by atoms with Crippen molar-refractivity contribution in [1.29, 1.82) is 0 Å². The van der Waals surface area contributed by atoms with Crippen molar-refractivity contribution in [2.45, 2.75) is 40.2 Å². The minimum Gasteiger partial charge on any atom is -0.349 e. The first kappa shape index (κ1) is 11.2. The summed E-state index contributed by atoms with van der Waals surface area (Å²) in [6.07, 6.45) is 0.538. The van der Waals surface area contributed by atoms with Gasteiger partial charge in [-0.1, -0.05) is 32.9 Å². The molecule has 1 atom stereocenters. The molecule has 1 unspecified atom stereocenters. The highest BCUT2D eigenvalue weighted by Crippen LogP contribution is 2.09. The number of rotatable bonds is 4. The van der Waals surface area contributed by atoms with Crippen LogP contribution >= 0.6 is 0 Å². The van der Waals surface area contributed by atoms with Gasteiger partial charge >= 0.3 is 0 Å². The summed E-state index contributed by atoms with van der Waals surface area (Å²) in [5.74, 6) is 0.509. The summed E-state index contributed by atoms with van der Waals surface area (Å²) in [6.45, 7) is 11.8. The third kappa shape index (κ3) is 3.56. The van der Waals surface area contributed by atoms with Crippen molar-refractivity contribution in [3.05, 3.63) is 12.2 Å². The maximum atomic E-state index is 11.1. The predicted molar refractivity (Wildman–Crippen MR) is 51.9 cm³/mol. The number of hydrogen-bond donors (Lipinski definition) is 1. The molecule has 0 aromatic carbocycles. The van der Waals surface area contributed by atoms with E-state index in [4.69, 9.17) is 0 Å². The summed E-state index contributed by atoms with van der Waals surface area (Å²) in [7, 11) is 0. The van der Waals surface area contributed by atoms with Crippen LogP contribution in [0.5, 0.6) is 0 Å². The highest BCUT2D eigenvalue weighted by Gasteiger charge is 2.15. The van der Waals surface area contributed by atoms with E-state index in [9.17, 15) is 4.79 Å². The first-order chi connectivity index (χ1) is 5.49. The standard InChI is InChI=1S/C10H19NO/c1-6-9(12)11-10(7(2)3)8(4)5/h8,10H,2,6H2,1,3-5H3,(H,11,12). The molecule has 0 saturated heterocycles. The van der Waals surface area contributed by atoms with Crippen LogP contribution in [-0.2, 0) is 4.79 Å². The molecule has 12 heavy (non-hydrogen) atoms. The maximum Gasteiger partial charge on any atom is 0.220 e. The minimum absolute atomic E-state index is 0.0942. The first-order valence-electron chi connectivity index (χ1n) is 4.43. The summed E-state index contributed by atoms with van der Waals surface area (Å²) < 4.78 is 0. The van der Waals surface area contributed by atoms with Gasteiger partial charge in [0.05, 0.1) is 6.04 Å². The van der Waals surface area contributed by atoms with E-state index in [1.54, 1.807) is 0 Å². The molecule has 0 radical (unpaired) electrons. The lowest BCUT2D eigenvalue weighted by atomic mass is 9.98. The molecule has 0 aromatic rings. The van der Waals surface area contributed by atoms with Gasteiger partial charge < -0.3 is 5.32 Å². The summed E-state index contributed by atoms with van der Waals surface area (Å²) in [5, 5.41) is 2.93. The Hall–Kier alpha value is -0.790. The Kier molecular flexibility index (Phi) is 4.64. The Bertz CT molecular complexity index is 173. The molecule has 1 amide bonds. The Labute approximate surface area is 75.0 Å². The van der Waals surface area contributed by atoms with E-state index in [1.807, 2.05) is 13.8 Å². The SMILES string of the molecule is C=C(C)C(NC(=O)CC)C(C)C. The topological polar surface area (TPSA) is 29.1 Å². The Morgan fingerprint density at radius 1 is 1.50 bits per heavy atom. The second-order valence-corrected chi connectivity index (χ2v) is 3.49. The number of amides is 1. The van der Waals surface area contributed by atoms with Crippen LogP contribution in [0, 0.1) is 5.92 Å². The van der Waals surface area contributed by atoms with E-state index in [0.29, 0.717) is 12.3 Å². The van der Waals surface area contributed by atoms with Crippen LogP contribution in [0.2, 0.25) is 0 Å². The van der Waals surface area contributed by atoms with Crippen LogP contribution in [0.4, 0.5) is 0 Å². The highest BCUT2D eigenvalue weighted by atomic mass is 16.1. The largest absolute Gasteiger partial charge is 0.349 e. The van der Waals surface area contributed by atoms with Crippen LogP contribution < -0.4 is 5.32 Å². The molecular formula is C10H19NO. The van der Waals surface area contributed by atoms with E-state index in [2.05, 4.69) is 25.7 Å². The lowest BCUT2D eigenvalue weighted by molar-refractivity contribution is -0.121. The van der Waals surface area contributed by atoms with Gasteiger partial charge in [0.1, 0.15) is 0 Å². The molecule has 2 heteroatoms. The molecule has 0 aliphatic rings. The van der Waals surface area contributed by atoms with Crippen LogP contribution in [0.3, 0.4) is 0 Å². The quantitative estimate of drug-likeness (QED) is 0.642. The first-order valence-corrected chi connectivity index (χ1v) is 4.43. The molecule has 0 saturated carbocycles. The van der Waals surface area contributed by atoms with Gasteiger partial charge in [-0.3, -0.25) is 4.79 Å². The second-order valence-electron chi connectivity index (χ2n) is 3.49. The predicted octanol–water partition coefficient (Wildman–Crippen LogP) is 2.11. The number of nitrogens with one attached hydrogen (secondary N) is 1. The summed E-state index contributed by atoms with van der Waals surface area (Å²) >= 11 is 0. The molecule has 0 aliphatic heterocycles. The van der Waals surface area contributed by atoms with Crippen molar-refractivity contribution in [3.63, 3.8) is 0 Å². The average Bonchev–Trinajstić information content (AvgIpc) is 1.98. The molecule has 0 spiro atoms. The Balaban J connectivity index is 4.14. The van der Waals surface area contributed by atoms with Crippen molar-refractivity contribution in [3.8, 4) is 0 Å². The molecule has 0 rings (SSSR count). The lowest BCUT2D eigenvalue weighted by Gasteiger charge is -2.22. The van der Waals surface area contributed by atoms with E-state index >= 15 is 0 Å². The van der Waals surface area contributed by atoms with Gasteiger partial charge in [-0.25, -0.2) is 0 Å². The Morgan fingerprint density at radius 2 is 2.00 bits per heavy atom. The van der Waals surface area contributed by atoms with Gasteiger partial charge in [0.2, 0.25) is 5.91 Å². The van der Waals surface area contributed by atoms with Gasteiger partial charge in [0.25, 0.3) is 0 Å². The van der Waals surface area contributed by atoms with Crippen LogP contribution in [0.15, 0.2) is 12.2 Å². The van der Waals surface area contributed by atoms with E-state index in [1.165, 1.54) is 0 Å². The molecule has 0 bridgehead atoms. The number of carbonyl (C=O) groups is 1. The third-order valence-corrected chi connectivity index (χ3v) is 1.84. The minimum atomic E-state index is 0.0942. The van der Waals surface area contributed by atoms with Crippen LogP contribution in [0.25, 0.3) is 0 Å². The van der Waals surface area contributed by atoms with Crippen LogP contribution in [-0.4, -0.2) is 11.9 Å². The molecule has 2 nitrogen and oxygen atoms in total. The third-order valence-electron chi connectivity index (χ3n) is 1.84. The molecule has 0 aromatic heterocycles. The van der Waals surface area contributed by atoms with Crippen molar-refractivity contribution in [2.75, 3.05) is 0 Å². The molecule has 0 heterocycles. The fourth-order valence-electron chi connectivity index (χ4n) is 1.13. The normalized spacial score (nSPS) is 12.8. The van der Waals surface area contributed by atoms with Crippen molar-refractivity contribution >= 4 is 5.91 Å². The van der Waals surface area contributed by atoms with Gasteiger partial charge in [-0.2, -0.15) is 0 Å². The molecule has 0 aliphatic carbocycles. The summed E-state index contributed by atoms with van der Waals surface area (Å²) in [6, 6.07) is 0.123. The highest BCUT2D eigenvalue weighted by molar-refractivity contribution is 5.76. The average molecular weight is 169 g/mol. The Morgan fingerprint density at radius 3 is 2.25 bits per heavy atom. The zero-order valence-corrected chi connectivity index (χ0v) is 8.48. The zero-order valence-electron chi connectivity index (χ0n) is 8.48. The van der Waals surface area contributed by atoms with Crippen LogP contribution in [0.1, 0.15) is 34.1 Å². The molecule has 70 valence electrons.